The molecule has 1 rings (SSSR count). The lowest BCUT2D eigenvalue weighted by Crippen LogP contribution is -2.30. The van der Waals surface area contributed by atoms with E-state index in [1.807, 2.05) is 11.8 Å². The summed E-state index contributed by atoms with van der Waals surface area (Å²) in [5, 5.41) is 24.0. The van der Waals surface area contributed by atoms with Crippen LogP contribution in [-0.4, -0.2) is 40.8 Å². The molecule has 0 amide bonds. The summed E-state index contributed by atoms with van der Waals surface area (Å²) < 4.78 is 0. The smallest absolute Gasteiger partial charge is 0.162 e. The monoisotopic (exact) mass is 209 g/mol. The molecule has 0 radical (unpaired) electrons. The Hall–Kier alpha value is -1.69. The van der Waals surface area contributed by atoms with Crippen LogP contribution in [0, 0.1) is 5.41 Å². The van der Waals surface area contributed by atoms with Crippen LogP contribution in [0.5, 0.6) is 0 Å². The van der Waals surface area contributed by atoms with E-state index in [9.17, 15) is 0 Å². The highest BCUT2D eigenvalue weighted by Crippen LogP contribution is 2.14. The van der Waals surface area contributed by atoms with E-state index in [1.54, 1.807) is 6.07 Å². The van der Waals surface area contributed by atoms with Gasteiger partial charge in [-0.15, -0.1) is 5.10 Å². The lowest BCUT2D eigenvalue weighted by atomic mass is 10.2. The van der Waals surface area contributed by atoms with Crippen molar-refractivity contribution in [2.45, 2.75) is 6.92 Å². The predicted molar refractivity (Wildman–Crippen MR) is 58.0 cm³/mol. The Morgan fingerprint density at radius 3 is 2.93 bits per heavy atom. The van der Waals surface area contributed by atoms with Crippen LogP contribution in [0.15, 0.2) is 12.3 Å². The number of aliphatic hydroxyl groups excluding tert-OH is 1. The first-order valence-electron chi connectivity index (χ1n) is 4.72. The summed E-state index contributed by atoms with van der Waals surface area (Å²) >= 11 is 0. The molecule has 1 aromatic rings. The van der Waals surface area contributed by atoms with Gasteiger partial charge in [0.1, 0.15) is 5.84 Å². The number of nitrogens with one attached hydrogen (secondary N) is 1. The van der Waals surface area contributed by atoms with Gasteiger partial charge in [-0.3, -0.25) is 5.41 Å². The summed E-state index contributed by atoms with van der Waals surface area (Å²) in [6.07, 6.45) is 1.49. The molecule has 0 saturated carbocycles. The normalized spacial score (nSPS) is 10.0. The number of hydrogen-bond donors (Lipinski definition) is 3. The molecule has 6 nitrogen and oxygen atoms in total. The van der Waals surface area contributed by atoms with Gasteiger partial charge in [0.25, 0.3) is 0 Å². The molecule has 1 aromatic heterocycles. The number of amidine groups is 1. The van der Waals surface area contributed by atoms with Gasteiger partial charge >= 0.3 is 0 Å². The van der Waals surface area contributed by atoms with Crippen molar-refractivity contribution in [3.05, 3.63) is 17.8 Å². The molecule has 0 aromatic carbocycles. The topological polar surface area (TPSA) is 99.1 Å². The third kappa shape index (κ3) is 2.63. The SMILES string of the molecule is CCN(CCO)c1nnccc1C(=N)N. The molecule has 0 fully saturated rings. The first-order chi connectivity index (χ1) is 7.20. The highest BCUT2D eigenvalue weighted by Gasteiger charge is 2.12. The van der Waals surface area contributed by atoms with Gasteiger partial charge in [-0.25, -0.2) is 0 Å². The molecule has 0 atom stereocenters. The maximum atomic E-state index is 8.88. The summed E-state index contributed by atoms with van der Waals surface area (Å²) in [4.78, 5) is 1.82. The number of hydrogen-bond acceptors (Lipinski definition) is 5. The van der Waals surface area contributed by atoms with Crippen LogP contribution >= 0.6 is 0 Å². The molecule has 82 valence electrons. The number of aromatic nitrogens is 2. The Bertz CT molecular complexity index is 341. The van der Waals surface area contributed by atoms with Gasteiger partial charge in [0, 0.05) is 13.1 Å². The van der Waals surface area contributed by atoms with Crippen molar-refractivity contribution in [3.63, 3.8) is 0 Å². The maximum absolute atomic E-state index is 8.88. The van der Waals surface area contributed by atoms with Crippen molar-refractivity contribution in [1.82, 2.24) is 10.2 Å². The quantitative estimate of drug-likeness (QED) is 0.452. The van der Waals surface area contributed by atoms with E-state index in [2.05, 4.69) is 10.2 Å². The highest BCUT2D eigenvalue weighted by molar-refractivity contribution is 5.99. The van der Waals surface area contributed by atoms with Crippen LogP contribution in [0.3, 0.4) is 0 Å². The molecular weight excluding hydrogens is 194 g/mol. The third-order valence-electron chi connectivity index (χ3n) is 2.04. The van der Waals surface area contributed by atoms with Crippen molar-refractivity contribution in [2.24, 2.45) is 5.73 Å². The second-order valence-corrected chi connectivity index (χ2v) is 2.99. The van der Waals surface area contributed by atoms with Crippen molar-refractivity contribution >= 4 is 11.7 Å². The summed E-state index contributed by atoms with van der Waals surface area (Å²) in [6, 6.07) is 1.64. The molecule has 0 aliphatic heterocycles. The number of nitrogen functional groups attached to an aromatic ring is 1. The Morgan fingerprint density at radius 2 is 2.40 bits per heavy atom. The zero-order valence-electron chi connectivity index (χ0n) is 8.64. The van der Waals surface area contributed by atoms with Gasteiger partial charge in [-0.2, -0.15) is 5.10 Å². The first-order valence-corrected chi connectivity index (χ1v) is 4.72. The largest absolute Gasteiger partial charge is 0.395 e. The highest BCUT2D eigenvalue weighted by atomic mass is 16.3. The standard InChI is InChI=1S/C9H15N5O/c1-2-14(5-6-15)9-7(8(10)11)3-4-12-13-9/h3-4,15H,2,5-6H2,1H3,(H3,10,11). The Balaban J connectivity index is 3.04. The molecule has 1 heterocycles. The molecule has 0 saturated heterocycles. The summed E-state index contributed by atoms with van der Waals surface area (Å²) in [5.74, 6) is 0.498. The number of nitrogens with two attached hydrogens (primary N) is 1. The molecule has 4 N–H and O–H groups in total. The zero-order chi connectivity index (χ0) is 11.3. The van der Waals surface area contributed by atoms with Crippen molar-refractivity contribution in [2.75, 3.05) is 24.6 Å². The minimum Gasteiger partial charge on any atom is -0.395 e. The van der Waals surface area contributed by atoms with Crippen LogP contribution in [0.25, 0.3) is 0 Å². The number of likely N-dealkylation sites (N-methyl/N-ethyl adjacent to an activating group) is 1. The molecule has 0 unspecified atom stereocenters. The van der Waals surface area contributed by atoms with Crippen LogP contribution in [0.1, 0.15) is 12.5 Å². The van der Waals surface area contributed by atoms with Gasteiger partial charge in [0.05, 0.1) is 18.4 Å². The fourth-order valence-corrected chi connectivity index (χ4v) is 1.30. The van der Waals surface area contributed by atoms with E-state index in [0.717, 1.165) is 0 Å². The van der Waals surface area contributed by atoms with Crippen molar-refractivity contribution < 1.29 is 5.11 Å². The average Bonchev–Trinajstić information content (AvgIpc) is 2.26. The lowest BCUT2D eigenvalue weighted by Gasteiger charge is -2.22. The molecule has 0 bridgehead atoms. The second-order valence-electron chi connectivity index (χ2n) is 2.99. The van der Waals surface area contributed by atoms with E-state index < -0.39 is 0 Å². The second kappa shape index (κ2) is 5.26. The average molecular weight is 209 g/mol. The van der Waals surface area contributed by atoms with Crippen molar-refractivity contribution in [3.8, 4) is 0 Å². The summed E-state index contributed by atoms with van der Waals surface area (Å²) in [7, 11) is 0. The van der Waals surface area contributed by atoms with Crippen LogP contribution in [-0.2, 0) is 0 Å². The number of nitrogens with zero attached hydrogens (tertiary/aromatic N) is 3. The van der Waals surface area contributed by atoms with Gasteiger partial charge in [0.15, 0.2) is 5.82 Å². The Labute approximate surface area is 88.2 Å². The van der Waals surface area contributed by atoms with Crippen LogP contribution in [0.4, 0.5) is 5.82 Å². The Morgan fingerprint density at radius 1 is 1.67 bits per heavy atom. The maximum Gasteiger partial charge on any atom is 0.162 e. The molecular formula is C9H15N5O. The minimum absolute atomic E-state index is 0.0295. The number of rotatable bonds is 5. The van der Waals surface area contributed by atoms with E-state index in [1.165, 1.54) is 6.20 Å². The molecule has 0 spiro atoms. The molecule has 6 heteroatoms. The lowest BCUT2D eigenvalue weighted by molar-refractivity contribution is 0.302. The number of aliphatic hydroxyl groups is 1. The molecule has 15 heavy (non-hydrogen) atoms. The van der Waals surface area contributed by atoms with Crippen molar-refractivity contribution in [1.29, 1.82) is 5.41 Å². The van der Waals surface area contributed by atoms with Gasteiger partial charge in [-0.05, 0) is 13.0 Å². The minimum atomic E-state index is -0.0451. The fourth-order valence-electron chi connectivity index (χ4n) is 1.30. The number of anilines is 1. The molecule has 0 aliphatic rings. The van der Waals surface area contributed by atoms with Gasteiger partial charge in [0.2, 0.25) is 0 Å². The zero-order valence-corrected chi connectivity index (χ0v) is 8.64. The van der Waals surface area contributed by atoms with E-state index in [0.29, 0.717) is 24.5 Å². The van der Waals surface area contributed by atoms with Gasteiger partial charge < -0.3 is 15.7 Å². The van der Waals surface area contributed by atoms with Gasteiger partial charge in [-0.1, -0.05) is 0 Å². The predicted octanol–water partition coefficient (Wildman–Crippen LogP) is -0.421. The summed E-state index contributed by atoms with van der Waals surface area (Å²) in [5.41, 5.74) is 5.97. The molecule has 0 aliphatic carbocycles. The van der Waals surface area contributed by atoms with E-state index >= 15 is 0 Å². The summed E-state index contributed by atoms with van der Waals surface area (Å²) in [6.45, 7) is 3.10. The Kier molecular flexibility index (Phi) is 3.99. The first kappa shape index (κ1) is 11.4. The van der Waals surface area contributed by atoms with Crippen LogP contribution in [0.2, 0.25) is 0 Å². The van der Waals surface area contributed by atoms with E-state index in [-0.39, 0.29) is 12.4 Å². The fraction of sp³-hybridized carbons (Fsp3) is 0.444. The van der Waals surface area contributed by atoms with Crippen LogP contribution < -0.4 is 10.6 Å². The van der Waals surface area contributed by atoms with E-state index in [4.69, 9.17) is 16.2 Å². The third-order valence-corrected chi connectivity index (χ3v) is 2.04.